The first-order chi connectivity index (χ1) is 9.65. The van der Waals surface area contributed by atoms with Crippen LogP contribution in [-0.4, -0.2) is 43.1 Å². The van der Waals surface area contributed by atoms with Gasteiger partial charge in [0.1, 0.15) is 0 Å². The maximum absolute atomic E-state index is 4.41. The molecule has 0 atom stereocenters. The van der Waals surface area contributed by atoms with Gasteiger partial charge in [0.05, 0.1) is 0 Å². The van der Waals surface area contributed by atoms with E-state index >= 15 is 0 Å². The molecule has 2 heterocycles. The number of aromatic nitrogens is 1. The standard InChI is InChI=1S/C17H23N3/c1-13-11-16-14(12-18-13)5-4-6-17(16)20(3)15-7-9-19(2)10-8-15/h4-6,11-12,15H,7-10H2,1-3H3. The quantitative estimate of drug-likeness (QED) is 0.835. The van der Waals surface area contributed by atoms with Crippen molar-refractivity contribution >= 4 is 16.5 Å². The molecule has 0 bridgehead atoms. The Hall–Kier alpha value is -1.61. The van der Waals surface area contributed by atoms with E-state index in [9.17, 15) is 0 Å². The van der Waals surface area contributed by atoms with Crippen molar-refractivity contribution in [1.29, 1.82) is 0 Å². The molecule has 3 nitrogen and oxygen atoms in total. The second kappa shape index (κ2) is 5.41. The van der Waals surface area contributed by atoms with E-state index in [4.69, 9.17) is 0 Å². The van der Waals surface area contributed by atoms with Gasteiger partial charge in [-0.05, 0) is 52.0 Å². The van der Waals surface area contributed by atoms with Gasteiger partial charge < -0.3 is 9.80 Å². The minimum Gasteiger partial charge on any atom is -0.371 e. The number of hydrogen-bond acceptors (Lipinski definition) is 3. The molecule has 1 aromatic heterocycles. The van der Waals surface area contributed by atoms with Crippen LogP contribution < -0.4 is 4.90 Å². The van der Waals surface area contributed by atoms with Gasteiger partial charge in [0.2, 0.25) is 0 Å². The van der Waals surface area contributed by atoms with Crippen molar-refractivity contribution in [3.8, 4) is 0 Å². The molecule has 3 rings (SSSR count). The predicted octanol–water partition coefficient (Wildman–Crippen LogP) is 3.07. The highest BCUT2D eigenvalue weighted by Gasteiger charge is 2.21. The lowest BCUT2D eigenvalue weighted by molar-refractivity contribution is 0.253. The van der Waals surface area contributed by atoms with E-state index in [0.29, 0.717) is 6.04 Å². The Balaban J connectivity index is 1.95. The molecule has 0 amide bonds. The fourth-order valence-electron chi connectivity index (χ4n) is 3.14. The van der Waals surface area contributed by atoms with Crippen molar-refractivity contribution in [1.82, 2.24) is 9.88 Å². The number of likely N-dealkylation sites (tertiary alicyclic amines) is 1. The molecule has 3 heteroatoms. The van der Waals surface area contributed by atoms with Gasteiger partial charge in [0.25, 0.3) is 0 Å². The number of benzene rings is 1. The summed E-state index contributed by atoms with van der Waals surface area (Å²) in [4.78, 5) is 9.29. The Kier molecular flexibility index (Phi) is 3.62. The molecule has 20 heavy (non-hydrogen) atoms. The molecular weight excluding hydrogens is 246 g/mol. The van der Waals surface area contributed by atoms with Gasteiger partial charge in [-0.2, -0.15) is 0 Å². The van der Waals surface area contributed by atoms with Crippen molar-refractivity contribution in [2.75, 3.05) is 32.1 Å². The van der Waals surface area contributed by atoms with E-state index in [1.165, 1.54) is 42.4 Å². The smallest absolute Gasteiger partial charge is 0.0447 e. The highest BCUT2D eigenvalue weighted by atomic mass is 15.2. The monoisotopic (exact) mass is 269 g/mol. The minimum absolute atomic E-state index is 0.644. The van der Waals surface area contributed by atoms with Crippen molar-refractivity contribution < 1.29 is 0 Å². The van der Waals surface area contributed by atoms with Crippen LogP contribution in [0.4, 0.5) is 5.69 Å². The fourth-order valence-corrected chi connectivity index (χ4v) is 3.14. The molecule has 106 valence electrons. The summed E-state index contributed by atoms with van der Waals surface area (Å²) < 4.78 is 0. The maximum atomic E-state index is 4.41. The second-order valence-electron chi connectivity index (χ2n) is 5.97. The van der Waals surface area contributed by atoms with Gasteiger partial charge in [0, 0.05) is 41.4 Å². The molecule has 0 radical (unpaired) electrons. The number of piperidine rings is 1. The first-order valence-corrected chi connectivity index (χ1v) is 7.42. The summed E-state index contributed by atoms with van der Waals surface area (Å²) in [5.74, 6) is 0. The number of rotatable bonds is 2. The lowest BCUT2D eigenvalue weighted by Gasteiger charge is -2.36. The third-order valence-electron chi connectivity index (χ3n) is 4.49. The average Bonchev–Trinajstić information content (AvgIpc) is 2.46. The van der Waals surface area contributed by atoms with Gasteiger partial charge in [-0.1, -0.05) is 12.1 Å². The molecule has 1 aromatic carbocycles. The van der Waals surface area contributed by atoms with E-state index < -0.39 is 0 Å². The lowest BCUT2D eigenvalue weighted by atomic mass is 10.0. The average molecular weight is 269 g/mol. The molecule has 1 aliphatic heterocycles. The summed E-state index contributed by atoms with van der Waals surface area (Å²) in [6.07, 6.45) is 4.47. The fraction of sp³-hybridized carbons (Fsp3) is 0.471. The van der Waals surface area contributed by atoms with Crippen LogP contribution in [0.15, 0.2) is 30.5 Å². The van der Waals surface area contributed by atoms with Crippen LogP contribution in [0.2, 0.25) is 0 Å². The zero-order valence-corrected chi connectivity index (χ0v) is 12.6. The van der Waals surface area contributed by atoms with E-state index in [2.05, 4.69) is 60.1 Å². The van der Waals surface area contributed by atoms with Gasteiger partial charge in [-0.25, -0.2) is 0 Å². The minimum atomic E-state index is 0.644. The van der Waals surface area contributed by atoms with Crippen molar-refractivity contribution in [2.45, 2.75) is 25.8 Å². The Morgan fingerprint density at radius 1 is 1.25 bits per heavy atom. The first-order valence-electron chi connectivity index (χ1n) is 7.42. The second-order valence-corrected chi connectivity index (χ2v) is 5.97. The zero-order valence-electron chi connectivity index (χ0n) is 12.6. The van der Waals surface area contributed by atoms with Crippen LogP contribution in [0.25, 0.3) is 10.8 Å². The van der Waals surface area contributed by atoms with Crippen LogP contribution >= 0.6 is 0 Å². The van der Waals surface area contributed by atoms with Gasteiger partial charge in [-0.3, -0.25) is 4.98 Å². The highest BCUT2D eigenvalue weighted by Crippen LogP contribution is 2.29. The third-order valence-corrected chi connectivity index (χ3v) is 4.49. The summed E-state index contributed by atoms with van der Waals surface area (Å²) in [5, 5.41) is 2.55. The number of aryl methyl sites for hydroxylation is 1. The number of anilines is 1. The van der Waals surface area contributed by atoms with Crippen molar-refractivity contribution in [3.05, 3.63) is 36.2 Å². The summed E-state index contributed by atoms with van der Waals surface area (Å²) in [5.41, 5.74) is 2.42. The molecule has 0 saturated carbocycles. The predicted molar refractivity (Wildman–Crippen MR) is 85.4 cm³/mol. The Bertz CT molecular complexity index is 600. The lowest BCUT2D eigenvalue weighted by Crippen LogP contribution is -2.42. The molecule has 1 fully saturated rings. The molecule has 0 unspecified atom stereocenters. The van der Waals surface area contributed by atoms with Crippen molar-refractivity contribution in [2.24, 2.45) is 0 Å². The molecule has 0 spiro atoms. The maximum Gasteiger partial charge on any atom is 0.0447 e. The van der Waals surface area contributed by atoms with Crippen molar-refractivity contribution in [3.63, 3.8) is 0 Å². The van der Waals surface area contributed by atoms with E-state index in [0.717, 1.165) is 5.69 Å². The van der Waals surface area contributed by atoms with Gasteiger partial charge in [-0.15, -0.1) is 0 Å². The number of hydrogen-bond donors (Lipinski definition) is 0. The van der Waals surface area contributed by atoms with Gasteiger partial charge >= 0.3 is 0 Å². The molecule has 1 aliphatic rings. The number of nitrogens with zero attached hydrogens (tertiary/aromatic N) is 3. The molecular formula is C17H23N3. The Morgan fingerprint density at radius 3 is 2.75 bits per heavy atom. The zero-order chi connectivity index (χ0) is 14.1. The van der Waals surface area contributed by atoms with E-state index in [-0.39, 0.29) is 0 Å². The highest BCUT2D eigenvalue weighted by molar-refractivity contribution is 5.94. The molecule has 2 aromatic rings. The molecule has 0 N–H and O–H groups in total. The largest absolute Gasteiger partial charge is 0.371 e. The first kappa shape index (κ1) is 13.4. The number of fused-ring (bicyclic) bond motifs is 1. The summed E-state index contributed by atoms with van der Waals surface area (Å²) in [6, 6.07) is 9.37. The number of pyridine rings is 1. The van der Waals surface area contributed by atoms with E-state index in [1.807, 2.05) is 6.20 Å². The summed E-state index contributed by atoms with van der Waals surface area (Å²) >= 11 is 0. The Morgan fingerprint density at radius 2 is 2.00 bits per heavy atom. The summed E-state index contributed by atoms with van der Waals surface area (Å²) in [7, 11) is 4.45. The molecule has 1 saturated heterocycles. The summed E-state index contributed by atoms with van der Waals surface area (Å²) in [6.45, 7) is 4.45. The van der Waals surface area contributed by atoms with Crippen LogP contribution in [0.3, 0.4) is 0 Å². The third kappa shape index (κ3) is 2.50. The van der Waals surface area contributed by atoms with Crippen LogP contribution in [-0.2, 0) is 0 Å². The van der Waals surface area contributed by atoms with Crippen LogP contribution in [0.5, 0.6) is 0 Å². The topological polar surface area (TPSA) is 19.4 Å². The van der Waals surface area contributed by atoms with E-state index in [1.54, 1.807) is 0 Å². The normalized spacial score (nSPS) is 17.6. The SMILES string of the molecule is Cc1cc2c(N(C)C3CCN(C)CC3)cccc2cn1. The van der Waals surface area contributed by atoms with Crippen LogP contribution in [0, 0.1) is 6.92 Å². The Labute approximate surface area is 121 Å². The molecule has 0 aliphatic carbocycles. The van der Waals surface area contributed by atoms with Crippen LogP contribution in [0.1, 0.15) is 18.5 Å². The van der Waals surface area contributed by atoms with Gasteiger partial charge in [0.15, 0.2) is 0 Å².